The average molecular weight is 318 g/mol. The first kappa shape index (κ1) is 15.4. The molecule has 0 aliphatic heterocycles. The largest absolute Gasteiger partial charge is 1.00 e. The Morgan fingerprint density at radius 2 is 1.76 bits per heavy atom. The number of azo groups is 1. The van der Waals surface area contributed by atoms with E-state index in [0.29, 0.717) is 6.54 Å². The van der Waals surface area contributed by atoms with Crippen molar-refractivity contribution in [1.29, 1.82) is 0 Å². The lowest BCUT2D eigenvalue weighted by molar-refractivity contribution is -0.344. The van der Waals surface area contributed by atoms with Crippen LogP contribution in [0.3, 0.4) is 0 Å². The highest BCUT2D eigenvalue weighted by molar-refractivity contribution is 6.31. The van der Waals surface area contributed by atoms with Crippen LogP contribution in [0.4, 0.5) is 5.69 Å². The van der Waals surface area contributed by atoms with Gasteiger partial charge in [-0.1, -0.05) is 35.9 Å². The van der Waals surface area contributed by atoms with Crippen LogP contribution < -0.4 is 17.4 Å². The fourth-order valence-electron chi connectivity index (χ4n) is 2.03. The summed E-state index contributed by atoms with van der Waals surface area (Å²) in [5, 5.41) is 10.4. The van der Waals surface area contributed by atoms with Crippen molar-refractivity contribution in [3.63, 3.8) is 0 Å². The lowest BCUT2D eigenvalue weighted by atomic mass is 10.2. The molecule has 21 heavy (non-hydrogen) atoms. The minimum atomic E-state index is 0. The van der Waals surface area contributed by atoms with Crippen molar-refractivity contribution in [3.05, 3.63) is 71.4 Å². The second-order valence-corrected chi connectivity index (χ2v) is 4.81. The van der Waals surface area contributed by atoms with E-state index in [-0.39, 0.29) is 12.4 Å². The minimum Gasteiger partial charge on any atom is -1.00 e. The Bertz CT molecular complexity index is 767. The molecule has 0 bridgehead atoms. The molecule has 5 heteroatoms. The molecule has 0 spiro atoms. The molecule has 3 rings (SSSR count). The monoisotopic (exact) mass is 317 g/mol. The first-order valence-electron chi connectivity index (χ1n) is 6.35. The number of H-pyrrole nitrogens is 1. The number of aromatic nitrogens is 1. The molecule has 3 aromatic rings. The van der Waals surface area contributed by atoms with E-state index in [4.69, 9.17) is 11.6 Å². The number of pyridine rings is 1. The normalized spacial score (nSPS) is 10.7. The number of rotatable bonds is 3. The van der Waals surface area contributed by atoms with Gasteiger partial charge in [0.1, 0.15) is 0 Å². The zero-order chi connectivity index (χ0) is 13.8. The van der Waals surface area contributed by atoms with Gasteiger partial charge in [-0.05, 0) is 29.8 Å². The number of hydrogen-bond acceptors (Lipinski definition) is 2. The molecule has 0 aliphatic rings. The Morgan fingerprint density at radius 1 is 0.952 bits per heavy atom. The molecule has 0 atom stereocenters. The third kappa shape index (κ3) is 3.57. The average Bonchev–Trinajstić information content (AvgIpc) is 2.49. The van der Waals surface area contributed by atoms with Gasteiger partial charge >= 0.3 is 0 Å². The van der Waals surface area contributed by atoms with Gasteiger partial charge in [-0.25, -0.2) is 4.98 Å². The van der Waals surface area contributed by atoms with Crippen molar-refractivity contribution in [3.8, 4) is 0 Å². The molecule has 3 nitrogen and oxygen atoms in total. The molecule has 0 aliphatic carbocycles. The summed E-state index contributed by atoms with van der Waals surface area (Å²) in [5.74, 6) is 0. The summed E-state index contributed by atoms with van der Waals surface area (Å²) in [4.78, 5) is 3.20. The van der Waals surface area contributed by atoms with Gasteiger partial charge in [0.25, 0.3) is 0 Å². The van der Waals surface area contributed by atoms with E-state index in [1.807, 2.05) is 60.8 Å². The van der Waals surface area contributed by atoms with Crippen molar-refractivity contribution < 1.29 is 17.4 Å². The van der Waals surface area contributed by atoms with Crippen LogP contribution >= 0.6 is 11.6 Å². The van der Waals surface area contributed by atoms with Crippen LogP contribution in [0.15, 0.2) is 71.0 Å². The topological polar surface area (TPSA) is 38.9 Å². The maximum absolute atomic E-state index is 6.09. The highest BCUT2D eigenvalue weighted by atomic mass is 35.5. The van der Waals surface area contributed by atoms with Gasteiger partial charge in [-0.15, -0.1) is 5.11 Å². The molecular weight excluding hydrogens is 305 g/mol. The molecule has 1 heterocycles. The van der Waals surface area contributed by atoms with Gasteiger partial charge in [0.2, 0.25) is 5.52 Å². The Morgan fingerprint density at radius 3 is 2.62 bits per heavy atom. The number of nitrogens with zero attached hydrogens (tertiary/aromatic N) is 2. The molecule has 0 fully saturated rings. The molecular formula is C16H13Cl2N3. The summed E-state index contributed by atoms with van der Waals surface area (Å²) >= 11 is 6.09. The third-order valence-electron chi connectivity index (χ3n) is 3.05. The number of para-hydroxylation sites is 1. The summed E-state index contributed by atoms with van der Waals surface area (Å²) in [6.45, 7) is 0.475. The van der Waals surface area contributed by atoms with E-state index in [1.165, 1.54) is 0 Å². The Hall–Kier alpha value is -1.97. The van der Waals surface area contributed by atoms with Crippen LogP contribution in [0.25, 0.3) is 10.9 Å². The highest BCUT2D eigenvalue weighted by Crippen LogP contribution is 2.22. The minimum absolute atomic E-state index is 0. The number of nitrogens with one attached hydrogen (secondary N) is 1. The van der Waals surface area contributed by atoms with Gasteiger partial charge in [0, 0.05) is 16.5 Å². The molecule has 0 unspecified atom stereocenters. The summed E-state index contributed by atoms with van der Waals surface area (Å²) < 4.78 is 0. The Balaban J connectivity index is 0.00000161. The van der Waals surface area contributed by atoms with Crippen LogP contribution in [-0.4, -0.2) is 0 Å². The predicted octanol–water partition coefficient (Wildman–Crippen LogP) is 1.60. The van der Waals surface area contributed by atoms with E-state index in [1.54, 1.807) is 0 Å². The van der Waals surface area contributed by atoms with E-state index in [2.05, 4.69) is 15.2 Å². The maximum atomic E-state index is 6.09. The molecule has 1 N–H and O–H groups in total. The molecule has 106 valence electrons. The van der Waals surface area contributed by atoms with Gasteiger partial charge in [-0.2, -0.15) is 5.11 Å². The van der Waals surface area contributed by atoms with Crippen LogP contribution in [0.5, 0.6) is 0 Å². The van der Waals surface area contributed by atoms with E-state index >= 15 is 0 Å². The van der Waals surface area contributed by atoms with E-state index in [9.17, 15) is 0 Å². The standard InChI is InChI=1S/C16H12ClN3.ClH/c17-14-8-2-1-5-13(14)11-19-20-15-9-3-6-12-7-4-10-18-16(12)15;/h1-10H,11H2;1H. The molecule has 1 aromatic heterocycles. The highest BCUT2D eigenvalue weighted by Gasteiger charge is 2.05. The SMILES string of the molecule is Clc1ccccc1CN=Nc1cccc2ccc[nH+]c12.[Cl-]. The van der Waals surface area contributed by atoms with Gasteiger partial charge in [0.15, 0.2) is 11.9 Å². The van der Waals surface area contributed by atoms with Crippen LogP contribution in [0, 0.1) is 0 Å². The summed E-state index contributed by atoms with van der Waals surface area (Å²) in [5.41, 5.74) is 2.79. The number of halogens is 2. The van der Waals surface area contributed by atoms with Crippen molar-refractivity contribution in [2.45, 2.75) is 6.54 Å². The summed E-state index contributed by atoms with van der Waals surface area (Å²) in [6, 6.07) is 17.6. The Kier molecular flexibility index (Phi) is 5.26. The first-order valence-corrected chi connectivity index (χ1v) is 6.73. The lowest BCUT2D eigenvalue weighted by Gasteiger charge is -1.98. The van der Waals surface area contributed by atoms with Gasteiger partial charge < -0.3 is 12.4 Å². The van der Waals surface area contributed by atoms with Gasteiger partial charge in [0.05, 0.1) is 6.54 Å². The quantitative estimate of drug-likeness (QED) is 0.658. The van der Waals surface area contributed by atoms with Crippen molar-refractivity contribution in [2.75, 3.05) is 0 Å². The first-order chi connectivity index (χ1) is 9.84. The fraction of sp³-hybridized carbons (Fsp3) is 0.0625. The Labute approximate surface area is 134 Å². The third-order valence-corrected chi connectivity index (χ3v) is 3.42. The van der Waals surface area contributed by atoms with Crippen molar-refractivity contribution >= 4 is 28.2 Å². The molecule has 0 radical (unpaired) electrons. The molecule has 0 amide bonds. The van der Waals surface area contributed by atoms with E-state index in [0.717, 1.165) is 27.2 Å². The van der Waals surface area contributed by atoms with Crippen LogP contribution in [0.2, 0.25) is 5.02 Å². The second kappa shape index (κ2) is 7.16. The molecule has 2 aromatic carbocycles. The van der Waals surface area contributed by atoms with Crippen LogP contribution in [-0.2, 0) is 6.54 Å². The van der Waals surface area contributed by atoms with E-state index < -0.39 is 0 Å². The number of benzene rings is 2. The smallest absolute Gasteiger partial charge is 0.238 e. The van der Waals surface area contributed by atoms with Gasteiger partial charge in [-0.3, -0.25) is 0 Å². The maximum Gasteiger partial charge on any atom is 0.238 e. The number of fused-ring (bicyclic) bond motifs is 1. The lowest BCUT2D eigenvalue weighted by Crippen LogP contribution is -3.00. The number of aromatic amines is 1. The fourth-order valence-corrected chi connectivity index (χ4v) is 2.23. The molecule has 0 saturated carbocycles. The summed E-state index contributed by atoms with van der Waals surface area (Å²) in [7, 11) is 0. The van der Waals surface area contributed by atoms with Crippen molar-refractivity contribution in [2.24, 2.45) is 10.2 Å². The zero-order valence-corrected chi connectivity index (χ0v) is 12.6. The zero-order valence-electron chi connectivity index (χ0n) is 11.1. The number of hydrogen-bond donors (Lipinski definition) is 0. The van der Waals surface area contributed by atoms with Crippen LogP contribution in [0.1, 0.15) is 5.56 Å². The summed E-state index contributed by atoms with van der Waals surface area (Å²) in [6.07, 6.45) is 1.88. The predicted molar refractivity (Wildman–Crippen MR) is 80.2 cm³/mol. The molecule has 0 saturated heterocycles. The van der Waals surface area contributed by atoms with Crippen molar-refractivity contribution in [1.82, 2.24) is 0 Å². The second-order valence-electron chi connectivity index (χ2n) is 4.40.